The predicted molar refractivity (Wildman–Crippen MR) is 116 cm³/mol. The first-order valence-corrected chi connectivity index (χ1v) is 11.1. The van der Waals surface area contributed by atoms with Crippen LogP contribution >= 0.6 is 9.69 Å². The summed E-state index contributed by atoms with van der Waals surface area (Å²) < 4.78 is 0. The third kappa shape index (κ3) is 7.39. The Morgan fingerprint density at radius 2 is 1.40 bits per heavy atom. The van der Waals surface area contributed by atoms with Crippen molar-refractivity contribution in [2.75, 3.05) is 5.32 Å². The molecule has 0 fully saturated rings. The number of ketones is 1. The molecule has 0 spiro atoms. The van der Waals surface area contributed by atoms with E-state index in [2.05, 4.69) is 25.0 Å². The van der Waals surface area contributed by atoms with Gasteiger partial charge in [-0.3, -0.25) is 14.8 Å². The van der Waals surface area contributed by atoms with Gasteiger partial charge in [0.25, 0.3) is 0 Å². The molecule has 3 aromatic rings. The number of benzene rings is 1. The minimum absolute atomic E-state index is 0.0505. The van der Waals surface area contributed by atoms with Crippen LogP contribution in [0, 0.1) is 0 Å². The number of rotatable bonds is 3. The zero-order chi connectivity index (χ0) is 21.6. The van der Waals surface area contributed by atoms with Crippen molar-refractivity contribution in [2.24, 2.45) is 0 Å². The van der Waals surface area contributed by atoms with Crippen LogP contribution < -0.4 is 5.32 Å². The number of aromatic hydroxyl groups is 1. The molecule has 0 aliphatic heterocycles. The Morgan fingerprint density at radius 1 is 0.833 bits per heavy atom. The van der Waals surface area contributed by atoms with Gasteiger partial charge in [-0.15, -0.1) is 0 Å². The standard InChI is InChI=1S/C13H11NO2.C10H8N2.ClH.Ru/c15-12-7-3-1-5-10(12)9-14-11-6-2-4-8-13(11)16;1-3-7-11-9(5-1)10-6-2-4-8-12-10;;/h1-9,14,16H;1-8H;1H;/q;;;+1/p-1/b10-9-;;;. The van der Waals surface area contributed by atoms with Crippen LogP contribution in [-0.2, 0) is 22.1 Å². The van der Waals surface area contributed by atoms with Gasteiger partial charge in [0, 0.05) is 24.2 Å². The number of nitrogens with zero attached hydrogens (tertiary/aromatic N) is 2. The third-order valence-electron chi connectivity index (χ3n) is 3.80. The molecule has 1 aliphatic carbocycles. The van der Waals surface area contributed by atoms with E-state index in [9.17, 15) is 9.90 Å². The van der Waals surface area contributed by atoms with E-state index in [-0.39, 0.29) is 11.5 Å². The third-order valence-corrected chi connectivity index (χ3v) is 3.80. The Morgan fingerprint density at radius 3 is 1.93 bits per heavy atom. The van der Waals surface area contributed by atoms with E-state index >= 15 is 0 Å². The van der Waals surface area contributed by atoms with Gasteiger partial charge in [0.2, 0.25) is 0 Å². The summed E-state index contributed by atoms with van der Waals surface area (Å²) in [5.74, 6) is 0.104. The second kappa shape index (κ2) is 13.2. The maximum atomic E-state index is 11.4. The van der Waals surface area contributed by atoms with Gasteiger partial charge in [-0.1, -0.05) is 36.4 Å². The Hall–Kier alpha value is -3.08. The van der Waals surface area contributed by atoms with Crippen LogP contribution in [-0.4, -0.2) is 20.9 Å². The molecule has 0 atom stereocenters. The van der Waals surface area contributed by atoms with Crippen LogP contribution in [0.15, 0.2) is 109 Å². The normalized spacial score (nSPS) is 13.0. The summed E-state index contributed by atoms with van der Waals surface area (Å²) in [6, 6.07) is 18.5. The van der Waals surface area contributed by atoms with E-state index in [1.807, 2.05) is 53.7 Å². The van der Waals surface area contributed by atoms with Gasteiger partial charge in [0.1, 0.15) is 5.75 Å². The maximum absolute atomic E-state index is 11.4. The van der Waals surface area contributed by atoms with E-state index in [1.54, 1.807) is 61.1 Å². The number of halogens is 1. The number of hydrogen-bond acceptors (Lipinski definition) is 5. The SMILES string of the molecule is O=C1C=CC=C/C1=C/Nc1ccccc1O.[Cl][Ru].c1ccc(-c2ccccn2)nc1. The van der Waals surface area contributed by atoms with Crippen LogP contribution in [0.4, 0.5) is 5.69 Å². The van der Waals surface area contributed by atoms with Crippen molar-refractivity contribution in [1.29, 1.82) is 0 Å². The smallest absolute Gasteiger partial charge is 0.0886 e. The van der Waals surface area contributed by atoms with E-state index in [4.69, 9.17) is 0 Å². The minimum Gasteiger partial charge on any atom is -0.255 e. The number of nitrogens with one attached hydrogen (secondary N) is 1. The molecule has 153 valence electrons. The van der Waals surface area contributed by atoms with Gasteiger partial charge in [-0.05, 0) is 48.6 Å². The van der Waals surface area contributed by atoms with E-state index < -0.39 is 0 Å². The second-order valence-corrected chi connectivity index (χ2v) is 5.77. The number of allylic oxidation sites excluding steroid dienone is 5. The van der Waals surface area contributed by atoms with Crippen molar-refractivity contribution in [3.8, 4) is 17.1 Å². The molecule has 30 heavy (non-hydrogen) atoms. The zero-order valence-corrected chi connectivity index (χ0v) is 18.3. The molecule has 5 nitrogen and oxygen atoms in total. The Kier molecular flexibility index (Phi) is 10.2. The van der Waals surface area contributed by atoms with Crippen molar-refractivity contribution in [3.63, 3.8) is 0 Å². The molecule has 7 heteroatoms. The molecular weight excluding hydrogens is 487 g/mol. The molecule has 0 radical (unpaired) electrons. The van der Waals surface area contributed by atoms with E-state index in [1.165, 1.54) is 6.08 Å². The first kappa shape index (κ1) is 23.2. The number of aromatic nitrogens is 2. The average Bonchev–Trinajstić information content (AvgIpc) is 2.82. The average molecular weight is 506 g/mol. The number of para-hydroxylation sites is 2. The van der Waals surface area contributed by atoms with Crippen molar-refractivity contribution in [3.05, 3.63) is 109 Å². The van der Waals surface area contributed by atoms with Crippen molar-refractivity contribution in [2.45, 2.75) is 0 Å². The molecule has 1 aromatic carbocycles. The Balaban J connectivity index is 0.000000204. The molecule has 2 heterocycles. The molecule has 1 aliphatic rings. The van der Waals surface area contributed by atoms with Crippen molar-refractivity contribution >= 4 is 21.2 Å². The maximum Gasteiger partial charge on any atom is 0.0886 e. The predicted octanol–water partition coefficient (Wildman–Crippen LogP) is 5.21. The van der Waals surface area contributed by atoms with Crippen LogP contribution in [0.25, 0.3) is 11.4 Å². The molecule has 0 bridgehead atoms. The summed E-state index contributed by atoms with van der Waals surface area (Å²) in [5.41, 5.74) is 2.97. The largest absolute Gasteiger partial charge is 0.255 e. The van der Waals surface area contributed by atoms with Gasteiger partial charge >= 0.3 is 27.0 Å². The molecule has 2 aromatic heterocycles. The van der Waals surface area contributed by atoms with Gasteiger partial charge in [0.05, 0.1) is 17.1 Å². The van der Waals surface area contributed by atoms with E-state index in [0.717, 1.165) is 11.4 Å². The van der Waals surface area contributed by atoms with Gasteiger partial charge < -0.3 is 10.4 Å². The van der Waals surface area contributed by atoms with Crippen LogP contribution in [0.2, 0.25) is 0 Å². The monoisotopic (exact) mass is 506 g/mol. The molecule has 4 rings (SSSR count). The van der Waals surface area contributed by atoms with Gasteiger partial charge in [-0.25, -0.2) is 0 Å². The molecule has 2 N–H and O–H groups in total. The number of phenolic OH excluding ortho intramolecular Hbond substituents is 1. The fourth-order valence-electron chi connectivity index (χ4n) is 2.38. The topological polar surface area (TPSA) is 75.1 Å². The molecule has 0 saturated carbocycles. The van der Waals surface area contributed by atoms with Gasteiger partial charge in [0.15, 0.2) is 5.78 Å². The summed E-state index contributed by atoms with van der Waals surface area (Å²) >= 11 is 1.82. The van der Waals surface area contributed by atoms with Crippen LogP contribution in [0.3, 0.4) is 0 Å². The molecule has 0 saturated heterocycles. The van der Waals surface area contributed by atoms with Crippen molar-refractivity contribution < 1.29 is 27.2 Å². The van der Waals surface area contributed by atoms with Crippen LogP contribution in [0.5, 0.6) is 5.75 Å². The van der Waals surface area contributed by atoms with E-state index in [0.29, 0.717) is 11.3 Å². The Labute approximate surface area is 189 Å². The fourth-order valence-corrected chi connectivity index (χ4v) is 2.38. The summed E-state index contributed by atoms with van der Waals surface area (Å²) in [6.45, 7) is 0. The molecule has 0 amide bonds. The second-order valence-electron chi connectivity index (χ2n) is 5.77. The molecular formula is C23H19ClN3O2Ru. The fraction of sp³-hybridized carbons (Fsp3) is 0. The number of carbonyl (C=O) groups is 1. The zero-order valence-electron chi connectivity index (χ0n) is 15.8. The number of hydrogen-bond donors (Lipinski definition) is 2. The number of anilines is 1. The quantitative estimate of drug-likeness (QED) is 0.290. The summed E-state index contributed by atoms with van der Waals surface area (Å²) in [4.78, 5) is 19.8. The summed E-state index contributed by atoms with van der Waals surface area (Å²) in [7, 11) is 4.57. The number of phenols is 1. The first-order valence-electron chi connectivity index (χ1n) is 8.83. The number of carbonyl (C=O) groups excluding carboxylic acids is 1. The number of pyridine rings is 2. The summed E-state index contributed by atoms with van der Waals surface area (Å²) in [5, 5.41) is 12.4. The first-order chi connectivity index (χ1) is 14.7. The Bertz CT molecular complexity index is 985. The summed E-state index contributed by atoms with van der Waals surface area (Å²) in [6.07, 6.45) is 11.8. The van der Waals surface area contributed by atoms with Crippen molar-refractivity contribution in [1.82, 2.24) is 9.97 Å². The van der Waals surface area contributed by atoms with Crippen LogP contribution in [0.1, 0.15) is 0 Å². The minimum atomic E-state index is -0.0505. The molecule has 0 unspecified atom stereocenters. The van der Waals surface area contributed by atoms with Gasteiger partial charge in [-0.2, -0.15) is 0 Å².